The second-order valence-corrected chi connectivity index (χ2v) is 4.57. The van der Waals surface area contributed by atoms with E-state index in [0.29, 0.717) is 0 Å². The Balaban J connectivity index is 1.99. The van der Waals surface area contributed by atoms with E-state index in [1.165, 1.54) is 0 Å². The summed E-state index contributed by atoms with van der Waals surface area (Å²) in [7, 11) is 1.68. The minimum Gasteiger partial charge on any atom is -0.497 e. The summed E-state index contributed by atoms with van der Waals surface area (Å²) in [6, 6.07) is 7.98. The highest BCUT2D eigenvalue weighted by Crippen LogP contribution is 2.22. The number of nitrogens with one attached hydrogen (secondary N) is 1. The molecule has 19 heavy (non-hydrogen) atoms. The lowest BCUT2D eigenvalue weighted by Crippen LogP contribution is -1.98. The Morgan fingerprint density at radius 3 is 2.95 bits per heavy atom. The van der Waals surface area contributed by atoms with E-state index in [9.17, 15) is 0 Å². The molecule has 2 rings (SSSR count). The molecule has 0 unspecified atom stereocenters. The molecule has 0 amide bonds. The maximum Gasteiger partial charge on any atom is 0.119 e. The second-order valence-electron chi connectivity index (χ2n) is 4.57. The fourth-order valence-corrected chi connectivity index (χ4v) is 2.04. The normalized spacial score (nSPS) is 10.6. The van der Waals surface area contributed by atoms with Crippen molar-refractivity contribution in [3.8, 4) is 17.0 Å². The average Bonchev–Trinajstić information content (AvgIpc) is 2.92. The fraction of sp³-hybridized carbons (Fsp3) is 0.400. The van der Waals surface area contributed by atoms with Crippen LogP contribution in [0.25, 0.3) is 11.3 Å². The van der Waals surface area contributed by atoms with Crippen LogP contribution in [0.1, 0.15) is 25.1 Å². The molecular weight excluding hydrogens is 238 g/mol. The van der Waals surface area contributed by atoms with Gasteiger partial charge >= 0.3 is 0 Å². The second kappa shape index (κ2) is 6.95. The quantitative estimate of drug-likeness (QED) is 0.751. The minimum atomic E-state index is 0.771. The molecule has 2 aromatic rings. The molecule has 0 atom stereocenters. The number of aromatic nitrogens is 2. The topological polar surface area (TPSA) is 63.9 Å². The van der Waals surface area contributed by atoms with Crippen molar-refractivity contribution in [3.63, 3.8) is 0 Å². The number of benzene rings is 1. The van der Waals surface area contributed by atoms with Gasteiger partial charge in [-0.15, -0.1) is 0 Å². The lowest BCUT2D eigenvalue weighted by atomic mass is 10.1. The van der Waals surface area contributed by atoms with E-state index in [1.54, 1.807) is 7.11 Å². The maximum atomic E-state index is 5.48. The number of aryl methyl sites for hydroxylation is 1. The van der Waals surface area contributed by atoms with Crippen molar-refractivity contribution in [1.82, 2.24) is 9.97 Å². The Hall–Kier alpha value is -1.81. The molecule has 0 radical (unpaired) electrons. The summed E-state index contributed by atoms with van der Waals surface area (Å²) in [6.07, 6.45) is 6.23. The van der Waals surface area contributed by atoms with E-state index in [2.05, 4.69) is 9.97 Å². The van der Waals surface area contributed by atoms with E-state index in [1.807, 2.05) is 30.5 Å². The predicted molar refractivity (Wildman–Crippen MR) is 77.2 cm³/mol. The third-order valence-corrected chi connectivity index (χ3v) is 3.13. The largest absolute Gasteiger partial charge is 0.497 e. The Kier molecular flexibility index (Phi) is 4.98. The zero-order valence-electron chi connectivity index (χ0n) is 11.4. The number of ether oxygens (including phenoxy) is 1. The predicted octanol–water partition coefficient (Wildman–Crippen LogP) is 2.76. The lowest BCUT2D eigenvalue weighted by molar-refractivity contribution is 0.415. The van der Waals surface area contributed by atoms with Gasteiger partial charge in [0.15, 0.2) is 0 Å². The molecule has 1 aromatic heterocycles. The Morgan fingerprint density at radius 2 is 2.16 bits per heavy atom. The first-order chi connectivity index (χ1) is 9.33. The van der Waals surface area contributed by atoms with E-state index in [0.717, 1.165) is 55.1 Å². The maximum absolute atomic E-state index is 5.48. The first-order valence-corrected chi connectivity index (χ1v) is 6.72. The molecule has 1 heterocycles. The van der Waals surface area contributed by atoms with Gasteiger partial charge in [-0.3, -0.25) is 0 Å². The van der Waals surface area contributed by atoms with E-state index >= 15 is 0 Å². The lowest BCUT2D eigenvalue weighted by Gasteiger charge is -2.02. The van der Waals surface area contributed by atoms with Gasteiger partial charge in [0.2, 0.25) is 0 Å². The van der Waals surface area contributed by atoms with Gasteiger partial charge in [-0.2, -0.15) is 0 Å². The zero-order valence-corrected chi connectivity index (χ0v) is 11.4. The summed E-state index contributed by atoms with van der Waals surface area (Å²) in [5.41, 5.74) is 7.61. The SMILES string of the molecule is COc1cccc(-c2cnc(CCCCCN)[nH]2)c1. The summed E-state index contributed by atoms with van der Waals surface area (Å²) in [4.78, 5) is 7.78. The number of nitrogens with zero attached hydrogens (tertiary/aromatic N) is 1. The van der Waals surface area contributed by atoms with E-state index in [-0.39, 0.29) is 0 Å². The van der Waals surface area contributed by atoms with Gasteiger partial charge in [0.1, 0.15) is 11.6 Å². The fourth-order valence-electron chi connectivity index (χ4n) is 2.04. The highest BCUT2D eigenvalue weighted by atomic mass is 16.5. The summed E-state index contributed by atoms with van der Waals surface area (Å²) in [5, 5.41) is 0. The smallest absolute Gasteiger partial charge is 0.119 e. The minimum absolute atomic E-state index is 0.771. The monoisotopic (exact) mass is 259 g/mol. The Bertz CT molecular complexity index is 508. The average molecular weight is 259 g/mol. The number of aromatic amines is 1. The van der Waals surface area contributed by atoms with Crippen molar-refractivity contribution >= 4 is 0 Å². The van der Waals surface area contributed by atoms with Crippen LogP contribution < -0.4 is 10.5 Å². The van der Waals surface area contributed by atoms with Crippen molar-refractivity contribution in [1.29, 1.82) is 0 Å². The van der Waals surface area contributed by atoms with Crippen LogP contribution in [-0.2, 0) is 6.42 Å². The number of imidazole rings is 1. The third kappa shape index (κ3) is 3.83. The van der Waals surface area contributed by atoms with Gasteiger partial charge in [0, 0.05) is 12.0 Å². The molecule has 4 nitrogen and oxygen atoms in total. The summed E-state index contributed by atoms with van der Waals surface area (Å²) < 4.78 is 5.23. The molecule has 0 aliphatic carbocycles. The number of methoxy groups -OCH3 is 1. The zero-order chi connectivity index (χ0) is 13.5. The molecule has 4 heteroatoms. The number of rotatable bonds is 7. The van der Waals surface area contributed by atoms with Gasteiger partial charge in [0.25, 0.3) is 0 Å². The highest BCUT2D eigenvalue weighted by molar-refractivity contribution is 5.60. The van der Waals surface area contributed by atoms with Gasteiger partial charge in [-0.05, 0) is 31.5 Å². The van der Waals surface area contributed by atoms with Crippen molar-refractivity contribution in [3.05, 3.63) is 36.3 Å². The molecular formula is C15H21N3O. The molecule has 0 spiro atoms. The van der Waals surface area contributed by atoms with Crippen LogP contribution in [0.4, 0.5) is 0 Å². The molecule has 0 saturated carbocycles. The molecule has 1 aromatic carbocycles. The van der Waals surface area contributed by atoms with Gasteiger partial charge in [0.05, 0.1) is 19.0 Å². The van der Waals surface area contributed by atoms with Crippen LogP contribution in [-0.4, -0.2) is 23.6 Å². The first-order valence-electron chi connectivity index (χ1n) is 6.72. The molecule has 0 aliphatic heterocycles. The van der Waals surface area contributed by atoms with Crippen LogP contribution in [0.5, 0.6) is 5.75 Å². The summed E-state index contributed by atoms with van der Waals surface area (Å²) in [5.74, 6) is 1.89. The van der Waals surface area contributed by atoms with Gasteiger partial charge in [-0.1, -0.05) is 18.6 Å². The summed E-state index contributed by atoms with van der Waals surface area (Å²) in [6.45, 7) is 0.771. The Labute approximate surface area is 114 Å². The standard InChI is InChI=1S/C15H21N3O/c1-19-13-7-5-6-12(10-13)14-11-17-15(18-14)8-3-2-4-9-16/h5-7,10-11H,2-4,8-9,16H2,1H3,(H,17,18). The van der Waals surface area contributed by atoms with Crippen molar-refractivity contribution in [2.45, 2.75) is 25.7 Å². The highest BCUT2D eigenvalue weighted by Gasteiger charge is 2.04. The van der Waals surface area contributed by atoms with Crippen LogP contribution in [0.2, 0.25) is 0 Å². The Morgan fingerprint density at radius 1 is 1.26 bits per heavy atom. The van der Waals surface area contributed by atoms with Crippen molar-refractivity contribution in [2.24, 2.45) is 5.73 Å². The number of nitrogens with two attached hydrogens (primary N) is 1. The molecule has 0 aliphatic rings. The molecule has 0 fully saturated rings. The van der Waals surface area contributed by atoms with Gasteiger partial charge < -0.3 is 15.5 Å². The molecule has 0 saturated heterocycles. The molecule has 3 N–H and O–H groups in total. The number of hydrogen-bond acceptors (Lipinski definition) is 3. The van der Waals surface area contributed by atoms with Gasteiger partial charge in [-0.25, -0.2) is 4.98 Å². The molecule has 0 bridgehead atoms. The van der Waals surface area contributed by atoms with Crippen LogP contribution >= 0.6 is 0 Å². The third-order valence-electron chi connectivity index (χ3n) is 3.13. The number of unbranched alkanes of at least 4 members (excludes halogenated alkanes) is 2. The van der Waals surface area contributed by atoms with Crippen molar-refractivity contribution < 1.29 is 4.74 Å². The van der Waals surface area contributed by atoms with E-state index in [4.69, 9.17) is 10.5 Å². The molecule has 102 valence electrons. The number of hydrogen-bond donors (Lipinski definition) is 2. The van der Waals surface area contributed by atoms with E-state index < -0.39 is 0 Å². The van der Waals surface area contributed by atoms with Crippen molar-refractivity contribution in [2.75, 3.05) is 13.7 Å². The summed E-state index contributed by atoms with van der Waals surface area (Å²) >= 11 is 0. The van der Waals surface area contributed by atoms with Crippen LogP contribution in [0, 0.1) is 0 Å². The first kappa shape index (κ1) is 13.6. The van der Waals surface area contributed by atoms with Crippen LogP contribution in [0.3, 0.4) is 0 Å². The number of H-pyrrole nitrogens is 1. The van der Waals surface area contributed by atoms with Crippen LogP contribution in [0.15, 0.2) is 30.5 Å².